The monoisotopic (exact) mass is 418 g/mol. The number of aliphatic imine (C=N–C) groups is 1. The molecule has 1 amide bonds. The number of anilines is 1. The van der Waals surface area contributed by atoms with Gasteiger partial charge in [0.1, 0.15) is 0 Å². The van der Waals surface area contributed by atoms with Crippen molar-refractivity contribution in [1.29, 1.82) is 0 Å². The van der Waals surface area contributed by atoms with Crippen LogP contribution in [0.2, 0.25) is 5.02 Å². The molecule has 1 aliphatic heterocycles. The summed E-state index contributed by atoms with van der Waals surface area (Å²) >= 11 is 7.23. The fourth-order valence-electron chi connectivity index (χ4n) is 2.70. The lowest BCUT2D eigenvalue weighted by atomic mass is 10.1. The molecule has 28 heavy (non-hydrogen) atoms. The van der Waals surface area contributed by atoms with Crippen LogP contribution in [-0.2, 0) is 4.79 Å². The van der Waals surface area contributed by atoms with Gasteiger partial charge in [0.15, 0.2) is 16.7 Å². The first-order valence-corrected chi connectivity index (χ1v) is 9.48. The Labute approximate surface area is 172 Å². The second kappa shape index (κ2) is 8.58. The zero-order valence-corrected chi connectivity index (χ0v) is 17.4. The van der Waals surface area contributed by atoms with Crippen molar-refractivity contribution in [3.63, 3.8) is 0 Å². The molecule has 0 saturated heterocycles. The molecule has 0 radical (unpaired) electrons. The van der Waals surface area contributed by atoms with Gasteiger partial charge in [-0.2, -0.15) is 4.99 Å². The third-order valence-corrected chi connectivity index (χ3v) is 5.44. The van der Waals surface area contributed by atoms with Crippen LogP contribution < -0.4 is 19.1 Å². The average molecular weight is 419 g/mol. The summed E-state index contributed by atoms with van der Waals surface area (Å²) in [7, 11) is 6.48. The largest absolute Gasteiger partial charge is 0.493 e. The number of amidine groups is 1. The zero-order chi connectivity index (χ0) is 20.3. The van der Waals surface area contributed by atoms with Crippen LogP contribution in [0.4, 0.5) is 5.69 Å². The van der Waals surface area contributed by atoms with Gasteiger partial charge in [0.25, 0.3) is 5.91 Å². The number of ether oxygens (including phenoxy) is 3. The van der Waals surface area contributed by atoms with Gasteiger partial charge in [-0.15, -0.1) is 0 Å². The molecule has 3 rings (SSSR count). The van der Waals surface area contributed by atoms with Gasteiger partial charge in [0.05, 0.1) is 26.2 Å². The Kier molecular flexibility index (Phi) is 6.16. The normalized spacial score (nSPS) is 14.8. The summed E-state index contributed by atoms with van der Waals surface area (Å²) < 4.78 is 16.2. The van der Waals surface area contributed by atoms with E-state index in [1.165, 1.54) is 18.9 Å². The van der Waals surface area contributed by atoms with Crippen molar-refractivity contribution in [2.75, 3.05) is 33.3 Å². The van der Waals surface area contributed by atoms with E-state index in [-0.39, 0.29) is 5.91 Å². The predicted octanol–water partition coefficient (Wildman–Crippen LogP) is 4.47. The van der Waals surface area contributed by atoms with Crippen LogP contribution in [0, 0.1) is 0 Å². The Hall–Kier alpha value is -2.64. The van der Waals surface area contributed by atoms with E-state index in [0.29, 0.717) is 37.9 Å². The van der Waals surface area contributed by atoms with E-state index in [1.807, 2.05) is 30.1 Å². The third-order valence-electron chi connectivity index (χ3n) is 4.13. The molecule has 6 nitrogen and oxygen atoms in total. The van der Waals surface area contributed by atoms with Crippen molar-refractivity contribution in [2.45, 2.75) is 0 Å². The maximum atomic E-state index is 12.4. The van der Waals surface area contributed by atoms with Gasteiger partial charge >= 0.3 is 0 Å². The molecule has 0 unspecified atom stereocenters. The van der Waals surface area contributed by atoms with Crippen molar-refractivity contribution < 1.29 is 19.0 Å². The molecule has 2 aromatic carbocycles. The molecule has 0 spiro atoms. The van der Waals surface area contributed by atoms with E-state index in [2.05, 4.69) is 4.99 Å². The minimum absolute atomic E-state index is 0.308. The first kappa shape index (κ1) is 20.1. The van der Waals surface area contributed by atoms with Gasteiger partial charge in [0, 0.05) is 23.3 Å². The molecule has 0 aromatic heterocycles. The van der Waals surface area contributed by atoms with Gasteiger partial charge in [-0.25, -0.2) is 0 Å². The van der Waals surface area contributed by atoms with Gasteiger partial charge in [-0.3, -0.25) is 4.79 Å². The molecule has 1 heterocycles. The molecule has 146 valence electrons. The number of amides is 1. The highest BCUT2D eigenvalue weighted by molar-refractivity contribution is 8.18. The highest BCUT2D eigenvalue weighted by atomic mass is 35.5. The van der Waals surface area contributed by atoms with Crippen LogP contribution >= 0.6 is 23.4 Å². The van der Waals surface area contributed by atoms with Crippen LogP contribution in [0.1, 0.15) is 5.56 Å². The molecule has 0 saturated carbocycles. The summed E-state index contributed by atoms with van der Waals surface area (Å²) in [6.45, 7) is 0. The number of thioether (sulfide) groups is 1. The van der Waals surface area contributed by atoms with Gasteiger partial charge in [0.2, 0.25) is 5.75 Å². The number of methoxy groups -OCH3 is 3. The quantitative estimate of drug-likeness (QED) is 0.667. The SMILES string of the molecule is COc1ccc(C=C2SC(N(C)c3ccc(Cl)cc3)=NC2=O)c(OC)c1OC. The first-order valence-electron chi connectivity index (χ1n) is 8.29. The van der Waals surface area contributed by atoms with Crippen LogP contribution in [0.25, 0.3) is 6.08 Å². The molecule has 0 fully saturated rings. The maximum Gasteiger partial charge on any atom is 0.286 e. The second-order valence-corrected chi connectivity index (χ2v) is 7.21. The summed E-state index contributed by atoms with van der Waals surface area (Å²) in [6.07, 6.45) is 1.74. The molecule has 0 aliphatic carbocycles. The number of rotatable bonds is 5. The molecule has 8 heteroatoms. The summed E-state index contributed by atoms with van der Waals surface area (Å²) in [5.74, 6) is 1.19. The summed E-state index contributed by atoms with van der Waals surface area (Å²) in [4.78, 5) is 18.9. The maximum absolute atomic E-state index is 12.4. The molecule has 0 N–H and O–H groups in total. The van der Waals surface area contributed by atoms with E-state index in [0.717, 1.165) is 5.69 Å². The topological polar surface area (TPSA) is 60.4 Å². The van der Waals surface area contributed by atoms with E-state index < -0.39 is 0 Å². The molecule has 0 atom stereocenters. The molecule has 2 aromatic rings. The van der Waals surface area contributed by atoms with E-state index in [1.54, 1.807) is 38.5 Å². The lowest BCUT2D eigenvalue weighted by Gasteiger charge is -2.17. The average Bonchev–Trinajstić information content (AvgIpc) is 3.07. The minimum Gasteiger partial charge on any atom is -0.493 e. The number of nitrogens with zero attached hydrogens (tertiary/aromatic N) is 2. The Morgan fingerprint density at radius 3 is 2.29 bits per heavy atom. The summed E-state index contributed by atoms with van der Waals surface area (Å²) in [5.41, 5.74) is 1.58. The molecular weight excluding hydrogens is 400 g/mol. The molecule has 0 bridgehead atoms. The Balaban J connectivity index is 1.89. The minimum atomic E-state index is -0.308. The summed E-state index contributed by atoms with van der Waals surface area (Å²) in [5, 5.41) is 1.23. The number of benzene rings is 2. The number of hydrogen-bond acceptors (Lipinski definition) is 6. The van der Waals surface area contributed by atoms with E-state index in [4.69, 9.17) is 25.8 Å². The molecule has 1 aliphatic rings. The van der Waals surface area contributed by atoms with Gasteiger partial charge in [-0.05, 0) is 54.2 Å². The fraction of sp³-hybridized carbons (Fsp3) is 0.200. The Bertz CT molecular complexity index is 957. The number of carbonyl (C=O) groups is 1. The van der Waals surface area contributed by atoms with Crippen LogP contribution in [-0.4, -0.2) is 39.5 Å². The van der Waals surface area contributed by atoms with Gasteiger partial charge < -0.3 is 19.1 Å². The molecular formula is C20H19ClN2O4S. The smallest absolute Gasteiger partial charge is 0.286 e. The van der Waals surface area contributed by atoms with Crippen molar-refractivity contribution in [3.05, 3.63) is 51.9 Å². The third kappa shape index (κ3) is 3.95. The van der Waals surface area contributed by atoms with E-state index >= 15 is 0 Å². The Morgan fingerprint density at radius 2 is 1.68 bits per heavy atom. The van der Waals surface area contributed by atoms with Crippen molar-refractivity contribution in [1.82, 2.24) is 0 Å². The first-order chi connectivity index (χ1) is 13.5. The van der Waals surface area contributed by atoms with Crippen molar-refractivity contribution in [3.8, 4) is 17.2 Å². The lowest BCUT2D eigenvalue weighted by Crippen LogP contribution is -2.21. The van der Waals surface area contributed by atoms with Crippen LogP contribution in [0.15, 0.2) is 46.3 Å². The van der Waals surface area contributed by atoms with Crippen molar-refractivity contribution >= 4 is 46.2 Å². The highest BCUT2D eigenvalue weighted by Gasteiger charge is 2.26. The Morgan fingerprint density at radius 1 is 1.00 bits per heavy atom. The van der Waals surface area contributed by atoms with Crippen LogP contribution in [0.5, 0.6) is 17.2 Å². The fourth-order valence-corrected chi connectivity index (χ4v) is 3.71. The second-order valence-electron chi connectivity index (χ2n) is 5.77. The number of hydrogen-bond donors (Lipinski definition) is 0. The highest BCUT2D eigenvalue weighted by Crippen LogP contribution is 2.42. The number of halogens is 1. The van der Waals surface area contributed by atoms with Crippen LogP contribution in [0.3, 0.4) is 0 Å². The van der Waals surface area contributed by atoms with Crippen molar-refractivity contribution in [2.24, 2.45) is 4.99 Å². The standard InChI is InChI=1S/C20H19ClN2O4S/c1-23(14-8-6-13(21)7-9-14)20-22-19(24)16(28-20)11-12-5-10-15(25-2)18(27-4)17(12)26-3/h5-11H,1-4H3. The van der Waals surface area contributed by atoms with E-state index in [9.17, 15) is 4.79 Å². The lowest BCUT2D eigenvalue weighted by molar-refractivity contribution is -0.113. The summed E-state index contributed by atoms with van der Waals surface area (Å²) in [6, 6.07) is 10.9. The van der Waals surface area contributed by atoms with Gasteiger partial charge in [-0.1, -0.05) is 11.6 Å². The number of carbonyl (C=O) groups excluding carboxylic acids is 1. The predicted molar refractivity (Wildman–Crippen MR) is 114 cm³/mol. The zero-order valence-electron chi connectivity index (χ0n) is 15.9.